The summed E-state index contributed by atoms with van der Waals surface area (Å²) in [6, 6.07) is 11.9. The Hall–Kier alpha value is -2.38. The molecule has 0 heterocycles. The first kappa shape index (κ1) is 16.0. The van der Waals surface area contributed by atoms with Crippen LogP contribution in [-0.2, 0) is 10.0 Å². The van der Waals surface area contributed by atoms with E-state index in [4.69, 9.17) is 11.6 Å². The molecule has 0 bridgehead atoms. The second-order valence-electron chi connectivity index (χ2n) is 4.31. The fourth-order valence-electron chi connectivity index (χ4n) is 1.62. The van der Waals surface area contributed by atoms with Gasteiger partial charge in [0.2, 0.25) is 0 Å². The Morgan fingerprint density at radius 1 is 1.14 bits per heavy atom. The van der Waals surface area contributed by atoms with E-state index in [9.17, 15) is 18.5 Å². The number of nitro benzene ring substituents is 1. The van der Waals surface area contributed by atoms with Gasteiger partial charge in [-0.2, -0.15) is 0 Å². The predicted molar refractivity (Wildman–Crippen MR) is 86.1 cm³/mol. The predicted octanol–water partition coefficient (Wildman–Crippen LogP) is 3.66. The van der Waals surface area contributed by atoms with Gasteiger partial charge in [-0.25, -0.2) is 8.42 Å². The molecular weight excluding hydrogens is 328 g/mol. The van der Waals surface area contributed by atoms with E-state index in [-0.39, 0.29) is 11.4 Å². The van der Waals surface area contributed by atoms with Gasteiger partial charge >= 0.3 is 0 Å². The minimum Gasteiger partial charge on any atom is -0.280 e. The average Bonchev–Trinajstić information content (AvgIpc) is 2.46. The third-order valence-corrected chi connectivity index (χ3v) is 3.89. The van der Waals surface area contributed by atoms with Gasteiger partial charge in [-0.15, -0.1) is 0 Å². The monoisotopic (exact) mass is 338 g/mol. The van der Waals surface area contributed by atoms with E-state index in [1.165, 1.54) is 24.3 Å². The number of nitro groups is 1. The van der Waals surface area contributed by atoms with Crippen LogP contribution < -0.4 is 4.72 Å². The maximum atomic E-state index is 11.9. The largest absolute Gasteiger partial charge is 0.280 e. The van der Waals surface area contributed by atoms with Crippen LogP contribution in [-0.4, -0.2) is 13.3 Å². The van der Waals surface area contributed by atoms with Crippen LogP contribution in [0.15, 0.2) is 53.9 Å². The zero-order chi connectivity index (χ0) is 16.2. The fourth-order valence-corrected chi connectivity index (χ4v) is 2.61. The molecule has 0 amide bonds. The molecule has 8 heteroatoms. The number of hydrogen-bond donors (Lipinski definition) is 1. The number of rotatable bonds is 5. The van der Waals surface area contributed by atoms with Crippen molar-refractivity contribution in [3.63, 3.8) is 0 Å². The highest BCUT2D eigenvalue weighted by atomic mass is 35.5. The highest BCUT2D eigenvalue weighted by Gasteiger charge is 2.10. The van der Waals surface area contributed by atoms with Crippen LogP contribution in [0.2, 0.25) is 5.02 Å². The van der Waals surface area contributed by atoms with Gasteiger partial charge in [0.15, 0.2) is 0 Å². The summed E-state index contributed by atoms with van der Waals surface area (Å²) in [4.78, 5) is 10.1. The number of nitrogens with one attached hydrogen (secondary N) is 1. The summed E-state index contributed by atoms with van der Waals surface area (Å²) >= 11 is 5.74. The van der Waals surface area contributed by atoms with E-state index in [1.807, 2.05) is 0 Å². The highest BCUT2D eigenvalue weighted by Crippen LogP contribution is 2.19. The molecule has 0 spiro atoms. The Labute approximate surface area is 132 Å². The Morgan fingerprint density at radius 2 is 1.82 bits per heavy atom. The molecule has 2 rings (SSSR count). The van der Waals surface area contributed by atoms with Gasteiger partial charge in [0.05, 0.1) is 16.0 Å². The molecule has 1 N–H and O–H groups in total. The maximum absolute atomic E-state index is 11.9. The summed E-state index contributed by atoms with van der Waals surface area (Å²) < 4.78 is 26.1. The Balaban J connectivity index is 2.15. The van der Waals surface area contributed by atoms with Crippen LogP contribution in [0.25, 0.3) is 6.08 Å². The molecule has 0 aliphatic carbocycles. The van der Waals surface area contributed by atoms with Crippen molar-refractivity contribution in [3.05, 3.63) is 74.6 Å². The molecule has 2 aromatic rings. The molecule has 0 saturated carbocycles. The lowest BCUT2D eigenvalue weighted by Gasteiger charge is -2.04. The second kappa shape index (κ2) is 6.59. The van der Waals surface area contributed by atoms with Crippen molar-refractivity contribution in [2.45, 2.75) is 0 Å². The number of halogens is 1. The summed E-state index contributed by atoms with van der Waals surface area (Å²) in [5.74, 6) is 0. The maximum Gasteiger partial charge on any atom is 0.271 e. The van der Waals surface area contributed by atoms with Crippen LogP contribution in [0.4, 0.5) is 11.4 Å². The summed E-state index contributed by atoms with van der Waals surface area (Å²) in [5.41, 5.74) is 0.589. The van der Waals surface area contributed by atoms with E-state index in [0.717, 1.165) is 11.5 Å². The van der Waals surface area contributed by atoms with Crippen molar-refractivity contribution in [3.8, 4) is 0 Å². The molecule has 0 unspecified atom stereocenters. The first-order valence-electron chi connectivity index (χ1n) is 6.07. The number of nitrogens with zero attached hydrogens (tertiary/aromatic N) is 1. The van der Waals surface area contributed by atoms with Crippen LogP contribution in [0, 0.1) is 10.1 Å². The molecule has 0 aliphatic rings. The van der Waals surface area contributed by atoms with Gasteiger partial charge in [-0.1, -0.05) is 29.8 Å². The molecule has 0 saturated heterocycles. The van der Waals surface area contributed by atoms with Crippen molar-refractivity contribution in [1.82, 2.24) is 0 Å². The Bertz CT molecular complexity index is 817. The lowest BCUT2D eigenvalue weighted by atomic mass is 10.2. The Kier molecular flexibility index (Phi) is 4.79. The quantitative estimate of drug-likeness (QED) is 0.665. The van der Waals surface area contributed by atoms with Crippen LogP contribution in [0.5, 0.6) is 0 Å². The molecule has 6 nitrogen and oxygen atoms in total. The molecule has 0 radical (unpaired) electrons. The van der Waals surface area contributed by atoms with E-state index >= 15 is 0 Å². The van der Waals surface area contributed by atoms with Gasteiger partial charge in [-0.05, 0) is 29.8 Å². The molecular formula is C14H11ClN2O4S. The van der Waals surface area contributed by atoms with Gasteiger partial charge in [-0.3, -0.25) is 14.8 Å². The summed E-state index contributed by atoms with van der Waals surface area (Å²) in [6.07, 6.45) is 1.40. The number of anilines is 1. The lowest BCUT2D eigenvalue weighted by Crippen LogP contribution is -2.08. The Morgan fingerprint density at radius 3 is 2.45 bits per heavy atom. The summed E-state index contributed by atoms with van der Waals surface area (Å²) in [7, 11) is -3.77. The molecule has 114 valence electrons. The van der Waals surface area contributed by atoms with E-state index in [0.29, 0.717) is 10.6 Å². The highest BCUT2D eigenvalue weighted by molar-refractivity contribution is 7.95. The molecule has 0 aliphatic heterocycles. The van der Waals surface area contributed by atoms with E-state index in [1.54, 1.807) is 24.3 Å². The third kappa shape index (κ3) is 4.57. The normalized spacial score (nSPS) is 11.5. The lowest BCUT2D eigenvalue weighted by molar-refractivity contribution is -0.384. The van der Waals surface area contributed by atoms with Crippen molar-refractivity contribution in [2.24, 2.45) is 0 Å². The van der Waals surface area contributed by atoms with E-state index < -0.39 is 14.9 Å². The van der Waals surface area contributed by atoms with Crippen molar-refractivity contribution < 1.29 is 13.3 Å². The minimum absolute atomic E-state index is 0.120. The van der Waals surface area contributed by atoms with Crippen LogP contribution in [0.1, 0.15) is 5.56 Å². The second-order valence-corrected chi connectivity index (χ2v) is 6.31. The van der Waals surface area contributed by atoms with Gasteiger partial charge < -0.3 is 0 Å². The fraction of sp³-hybridized carbons (Fsp3) is 0. The van der Waals surface area contributed by atoms with E-state index in [2.05, 4.69) is 4.72 Å². The average molecular weight is 339 g/mol. The third-order valence-electron chi connectivity index (χ3n) is 2.63. The first-order chi connectivity index (χ1) is 10.4. The number of hydrogen-bond acceptors (Lipinski definition) is 4. The zero-order valence-electron chi connectivity index (χ0n) is 11.1. The zero-order valence-corrected chi connectivity index (χ0v) is 12.7. The topological polar surface area (TPSA) is 89.3 Å². The molecule has 0 atom stereocenters. The number of benzene rings is 2. The summed E-state index contributed by atoms with van der Waals surface area (Å²) in [5, 5.41) is 12.2. The SMILES string of the molecule is O=[N+]([O-])c1cccc(NS(=O)(=O)/C=C/c2ccc(Cl)cc2)c1. The standard InChI is InChI=1S/C14H11ClN2O4S/c15-12-6-4-11(5-7-12)8-9-22(20,21)16-13-2-1-3-14(10-13)17(18)19/h1-10,16H/b9-8+. The van der Waals surface area contributed by atoms with Gasteiger partial charge in [0.1, 0.15) is 0 Å². The van der Waals surface area contributed by atoms with Crippen LogP contribution in [0.3, 0.4) is 0 Å². The molecule has 0 fully saturated rings. The van der Waals surface area contributed by atoms with Crippen molar-refractivity contribution >= 4 is 39.1 Å². The number of non-ortho nitro benzene ring substituents is 1. The smallest absolute Gasteiger partial charge is 0.271 e. The van der Waals surface area contributed by atoms with Gasteiger partial charge in [0, 0.05) is 17.2 Å². The minimum atomic E-state index is -3.77. The molecule has 22 heavy (non-hydrogen) atoms. The first-order valence-corrected chi connectivity index (χ1v) is 7.99. The molecule has 0 aromatic heterocycles. The van der Waals surface area contributed by atoms with Crippen molar-refractivity contribution in [1.29, 1.82) is 0 Å². The van der Waals surface area contributed by atoms with Crippen LogP contribution >= 0.6 is 11.6 Å². The van der Waals surface area contributed by atoms with Crippen molar-refractivity contribution in [2.75, 3.05) is 4.72 Å². The van der Waals surface area contributed by atoms with Gasteiger partial charge in [0.25, 0.3) is 15.7 Å². The number of sulfonamides is 1. The molecule has 2 aromatic carbocycles. The summed E-state index contributed by atoms with van der Waals surface area (Å²) in [6.45, 7) is 0.